The first-order chi connectivity index (χ1) is 6.06. The Balaban J connectivity index is 3.28. The average Bonchev–Trinajstić information content (AvgIpc) is 2.07. The number of methoxy groups -OCH3 is 1. The van der Waals surface area contributed by atoms with E-state index in [2.05, 4.69) is 45.2 Å². The minimum absolute atomic E-state index is 0.412. The number of rotatable bonds is 2. The van der Waals surface area contributed by atoms with Gasteiger partial charge in [-0.3, -0.25) is 4.79 Å². The second kappa shape index (κ2) is 4.45. The Morgan fingerprint density at radius 3 is 2.46 bits per heavy atom. The van der Waals surface area contributed by atoms with Gasteiger partial charge in [0.25, 0.3) is 0 Å². The van der Waals surface area contributed by atoms with Gasteiger partial charge in [0.1, 0.15) is 5.75 Å². The van der Waals surface area contributed by atoms with Gasteiger partial charge in [-0.1, -0.05) is 0 Å². The number of hydrogen-bond acceptors (Lipinski definition) is 2. The van der Waals surface area contributed by atoms with Gasteiger partial charge in [-0.2, -0.15) is 0 Å². The Hall–Kier alpha value is -0.0500. The molecule has 1 aromatic carbocycles. The van der Waals surface area contributed by atoms with E-state index in [0.29, 0.717) is 5.56 Å². The summed E-state index contributed by atoms with van der Waals surface area (Å²) in [5.74, 6) is 0.347. The highest BCUT2D eigenvalue weighted by atomic mass is 127. The van der Waals surface area contributed by atoms with Crippen LogP contribution in [0.15, 0.2) is 12.1 Å². The summed E-state index contributed by atoms with van der Waals surface area (Å²) in [7, 11) is 1.59. The normalized spacial score (nSPS) is 9.77. The summed E-state index contributed by atoms with van der Waals surface area (Å²) in [6, 6.07) is 3.52. The molecule has 13 heavy (non-hydrogen) atoms. The van der Waals surface area contributed by atoms with Crippen LogP contribution in [-0.2, 0) is 0 Å². The Morgan fingerprint density at radius 1 is 1.38 bits per heavy atom. The number of nitrogens with two attached hydrogens (primary N) is 1. The molecule has 0 aliphatic heterocycles. The number of halogens is 2. The van der Waals surface area contributed by atoms with Crippen LogP contribution in [0.5, 0.6) is 5.75 Å². The molecule has 0 heterocycles. The van der Waals surface area contributed by atoms with E-state index in [0.717, 1.165) is 12.9 Å². The van der Waals surface area contributed by atoms with Gasteiger partial charge in [-0.25, -0.2) is 0 Å². The highest BCUT2D eigenvalue weighted by molar-refractivity contribution is 14.1. The van der Waals surface area contributed by atoms with Gasteiger partial charge in [0, 0.05) is 3.57 Å². The molecule has 0 saturated carbocycles. The van der Waals surface area contributed by atoms with Crippen LogP contribution in [-0.4, -0.2) is 13.0 Å². The number of carbonyl (C=O) groups excluding carboxylic acids is 1. The maximum absolute atomic E-state index is 10.9. The van der Waals surface area contributed by atoms with Crippen molar-refractivity contribution in [1.29, 1.82) is 0 Å². The molecule has 1 rings (SSSR count). The molecule has 0 atom stereocenters. The summed E-state index contributed by atoms with van der Waals surface area (Å²) in [6.07, 6.45) is 0. The molecule has 0 radical (unpaired) electrons. The lowest BCUT2D eigenvalue weighted by Crippen LogP contribution is -2.13. The van der Waals surface area contributed by atoms with E-state index in [1.165, 1.54) is 0 Å². The van der Waals surface area contributed by atoms with E-state index in [-0.39, 0.29) is 0 Å². The third kappa shape index (κ3) is 2.46. The van der Waals surface area contributed by atoms with Gasteiger partial charge >= 0.3 is 0 Å². The molecule has 1 amide bonds. The highest BCUT2D eigenvalue weighted by Gasteiger charge is 2.10. The van der Waals surface area contributed by atoms with Crippen molar-refractivity contribution < 1.29 is 9.53 Å². The molecule has 2 N–H and O–H groups in total. The minimum atomic E-state index is -0.412. The molecule has 0 aromatic heterocycles. The van der Waals surface area contributed by atoms with Crippen molar-refractivity contribution >= 4 is 51.1 Å². The smallest absolute Gasteiger partial charge is 0.249 e. The van der Waals surface area contributed by atoms with E-state index in [1.807, 2.05) is 0 Å². The lowest BCUT2D eigenvalue weighted by molar-refractivity contribution is 0.0999. The molecule has 0 bridgehead atoms. The second-order valence-electron chi connectivity index (χ2n) is 2.33. The van der Waals surface area contributed by atoms with Gasteiger partial charge in [-0.15, -0.1) is 0 Å². The van der Waals surface area contributed by atoms with Crippen LogP contribution in [0.4, 0.5) is 0 Å². The fraction of sp³-hybridized carbons (Fsp3) is 0.125. The largest absolute Gasteiger partial charge is 0.496 e. The average molecular weight is 403 g/mol. The summed E-state index contributed by atoms with van der Waals surface area (Å²) in [6.45, 7) is 0. The highest BCUT2D eigenvalue weighted by Crippen LogP contribution is 2.25. The molecule has 0 fully saturated rings. The van der Waals surface area contributed by atoms with Crippen LogP contribution in [0, 0.1) is 7.14 Å². The van der Waals surface area contributed by atoms with Crippen molar-refractivity contribution in [2.75, 3.05) is 7.11 Å². The van der Waals surface area contributed by atoms with Crippen LogP contribution in [0.25, 0.3) is 0 Å². The maximum Gasteiger partial charge on any atom is 0.249 e. The van der Waals surface area contributed by atoms with Crippen molar-refractivity contribution in [2.24, 2.45) is 5.73 Å². The molecule has 1 aromatic rings. The molecular weight excluding hydrogens is 396 g/mol. The first kappa shape index (κ1) is 11.0. The molecular formula is C8H7I2NO2. The first-order valence-corrected chi connectivity index (χ1v) is 5.55. The van der Waals surface area contributed by atoms with Crippen LogP contribution >= 0.6 is 45.2 Å². The van der Waals surface area contributed by atoms with Crippen molar-refractivity contribution in [1.82, 2.24) is 0 Å². The van der Waals surface area contributed by atoms with E-state index in [1.54, 1.807) is 19.2 Å². The third-order valence-corrected chi connectivity index (χ3v) is 3.24. The van der Waals surface area contributed by atoms with E-state index in [4.69, 9.17) is 10.5 Å². The molecule has 0 saturated heterocycles. The van der Waals surface area contributed by atoms with Crippen LogP contribution in [0.3, 0.4) is 0 Å². The molecule has 3 nitrogen and oxygen atoms in total. The fourth-order valence-corrected chi connectivity index (χ4v) is 2.27. The Kier molecular flexibility index (Phi) is 3.77. The van der Waals surface area contributed by atoms with Crippen molar-refractivity contribution in [3.63, 3.8) is 0 Å². The maximum atomic E-state index is 10.9. The summed E-state index contributed by atoms with van der Waals surface area (Å²) in [5.41, 5.74) is 5.72. The topological polar surface area (TPSA) is 52.3 Å². The molecule has 0 aliphatic carbocycles. The van der Waals surface area contributed by atoms with Crippen molar-refractivity contribution in [3.05, 3.63) is 24.8 Å². The van der Waals surface area contributed by atoms with Crippen LogP contribution in [0.1, 0.15) is 10.4 Å². The predicted octanol–water partition coefficient (Wildman–Crippen LogP) is 2.00. The lowest BCUT2D eigenvalue weighted by atomic mass is 10.2. The summed E-state index contributed by atoms with van der Waals surface area (Å²) in [4.78, 5) is 10.9. The SMILES string of the molecule is COc1cc(I)c(C(N)=O)cc1I. The number of primary amides is 1. The van der Waals surface area contributed by atoms with Gasteiger partial charge in [-0.05, 0) is 57.3 Å². The summed E-state index contributed by atoms with van der Waals surface area (Å²) >= 11 is 4.16. The minimum Gasteiger partial charge on any atom is -0.496 e. The zero-order valence-corrected chi connectivity index (χ0v) is 11.1. The lowest BCUT2D eigenvalue weighted by Gasteiger charge is -2.06. The van der Waals surface area contributed by atoms with Gasteiger partial charge in [0.2, 0.25) is 5.91 Å². The Labute approximate surface area is 103 Å². The Bertz CT molecular complexity index is 352. The number of benzene rings is 1. The molecule has 0 aliphatic rings. The fourth-order valence-electron chi connectivity index (χ4n) is 0.874. The number of amides is 1. The standard InChI is InChI=1S/C8H7I2NO2/c1-13-7-3-5(9)4(8(11)12)2-6(7)10/h2-3H,1H3,(H2,11,12). The number of ether oxygens (including phenoxy) is 1. The molecule has 0 spiro atoms. The molecule has 70 valence electrons. The molecule has 5 heteroatoms. The summed E-state index contributed by atoms with van der Waals surface area (Å²) in [5, 5.41) is 0. The Morgan fingerprint density at radius 2 is 2.00 bits per heavy atom. The van der Waals surface area contributed by atoms with E-state index in [9.17, 15) is 4.79 Å². The zero-order chi connectivity index (χ0) is 10.0. The second-order valence-corrected chi connectivity index (χ2v) is 4.66. The van der Waals surface area contributed by atoms with Crippen molar-refractivity contribution in [3.8, 4) is 5.75 Å². The third-order valence-electron chi connectivity index (χ3n) is 1.51. The predicted molar refractivity (Wildman–Crippen MR) is 66.9 cm³/mol. The zero-order valence-electron chi connectivity index (χ0n) is 6.80. The number of hydrogen-bond donors (Lipinski definition) is 1. The van der Waals surface area contributed by atoms with Gasteiger partial charge < -0.3 is 10.5 Å². The van der Waals surface area contributed by atoms with Crippen LogP contribution in [0.2, 0.25) is 0 Å². The summed E-state index contributed by atoms with van der Waals surface area (Å²) < 4.78 is 6.79. The van der Waals surface area contributed by atoms with E-state index < -0.39 is 5.91 Å². The quantitative estimate of drug-likeness (QED) is 0.769. The van der Waals surface area contributed by atoms with Crippen LogP contribution < -0.4 is 10.5 Å². The van der Waals surface area contributed by atoms with E-state index >= 15 is 0 Å². The first-order valence-electron chi connectivity index (χ1n) is 3.39. The monoisotopic (exact) mass is 403 g/mol. The van der Waals surface area contributed by atoms with Gasteiger partial charge in [0.05, 0.1) is 16.2 Å². The molecule has 0 unspecified atom stereocenters. The van der Waals surface area contributed by atoms with Gasteiger partial charge in [0.15, 0.2) is 0 Å². The van der Waals surface area contributed by atoms with Crippen molar-refractivity contribution in [2.45, 2.75) is 0 Å². The number of carbonyl (C=O) groups is 1.